The number of nitrogens with one attached hydrogen (secondary N) is 1. The number of amides is 1. The normalized spacial score (nSPS) is 10.5. The van der Waals surface area contributed by atoms with Crippen molar-refractivity contribution in [2.45, 2.75) is 6.54 Å². The molecule has 0 aliphatic heterocycles. The van der Waals surface area contributed by atoms with E-state index in [0.717, 1.165) is 16.7 Å². The SMILES string of the molecule is Cn1cc(-c2cncc(CNC(=O)c3ccc(Cl)cc3)c2)cn1. The van der Waals surface area contributed by atoms with E-state index in [0.29, 0.717) is 17.1 Å². The third-order valence-electron chi connectivity index (χ3n) is 3.39. The quantitative estimate of drug-likeness (QED) is 0.801. The summed E-state index contributed by atoms with van der Waals surface area (Å²) in [5.74, 6) is -0.145. The summed E-state index contributed by atoms with van der Waals surface area (Å²) in [5.41, 5.74) is 3.46. The third kappa shape index (κ3) is 3.76. The van der Waals surface area contributed by atoms with Crippen LogP contribution in [0.5, 0.6) is 0 Å². The fourth-order valence-corrected chi connectivity index (χ4v) is 2.32. The maximum Gasteiger partial charge on any atom is 0.251 e. The zero-order valence-electron chi connectivity index (χ0n) is 12.5. The summed E-state index contributed by atoms with van der Waals surface area (Å²) >= 11 is 5.82. The number of hydrogen-bond donors (Lipinski definition) is 1. The molecule has 0 aliphatic carbocycles. The van der Waals surface area contributed by atoms with Gasteiger partial charge in [-0.2, -0.15) is 5.10 Å². The summed E-state index contributed by atoms with van der Waals surface area (Å²) in [4.78, 5) is 16.3. The van der Waals surface area contributed by atoms with Crippen molar-refractivity contribution in [3.63, 3.8) is 0 Å². The van der Waals surface area contributed by atoms with Crippen molar-refractivity contribution in [3.8, 4) is 11.1 Å². The van der Waals surface area contributed by atoms with Crippen LogP contribution in [0.1, 0.15) is 15.9 Å². The van der Waals surface area contributed by atoms with Crippen molar-refractivity contribution in [1.82, 2.24) is 20.1 Å². The summed E-state index contributed by atoms with van der Waals surface area (Å²) in [6.07, 6.45) is 7.23. The van der Waals surface area contributed by atoms with Crippen molar-refractivity contribution in [2.24, 2.45) is 7.05 Å². The number of aryl methyl sites for hydroxylation is 1. The first kappa shape index (κ1) is 15.2. The molecule has 3 rings (SSSR count). The molecule has 0 saturated heterocycles. The molecule has 6 heteroatoms. The Morgan fingerprint density at radius 3 is 2.65 bits per heavy atom. The van der Waals surface area contributed by atoms with Gasteiger partial charge in [-0.3, -0.25) is 14.5 Å². The molecule has 1 N–H and O–H groups in total. The van der Waals surface area contributed by atoms with Crippen LogP contribution in [0.25, 0.3) is 11.1 Å². The molecule has 1 amide bonds. The van der Waals surface area contributed by atoms with Crippen LogP contribution in [-0.2, 0) is 13.6 Å². The molecule has 0 bridgehead atoms. The van der Waals surface area contributed by atoms with Gasteiger partial charge in [0, 0.05) is 53.9 Å². The number of nitrogens with zero attached hydrogens (tertiary/aromatic N) is 3. The maximum absolute atomic E-state index is 12.1. The van der Waals surface area contributed by atoms with Gasteiger partial charge in [-0.1, -0.05) is 11.6 Å². The van der Waals surface area contributed by atoms with Crippen LogP contribution in [0.15, 0.2) is 55.1 Å². The summed E-state index contributed by atoms with van der Waals surface area (Å²) < 4.78 is 1.74. The van der Waals surface area contributed by atoms with E-state index >= 15 is 0 Å². The lowest BCUT2D eigenvalue weighted by atomic mass is 10.1. The summed E-state index contributed by atoms with van der Waals surface area (Å²) in [5, 5.41) is 7.63. The Hall–Kier alpha value is -2.66. The topological polar surface area (TPSA) is 59.8 Å². The largest absolute Gasteiger partial charge is 0.348 e. The number of pyridine rings is 1. The van der Waals surface area contributed by atoms with Crippen molar-refractivity contribution in [1.29, 1.82) is 0 Å². The lowest BCUT2D eigenvalue weighted by molar-refractivity contribution is 0.0951. The van der Waals surface area contributed by atoms with Gasteiger partial charge in [0.15, 0.2) is 0 Å². The molecular formula is C17H15ClN4O. The van der Waals surface area contributed by atoms with Crippen LogP contribution in [0.2, 0.25) is 5.02 Å². The highest BCUT2D eigenvalue weighted by Gasteiger charge is 2.06. The molecule has 0 aliphatic rings. The van der Waals surface area contributed by atoms with E-state index in [1.165, 1.54) is 0 Å². The fourth-order valence-electron chi connectivity index (χ4n) is 2.20. The zero-order chi connectivity index (χ0) is 16.2. The van der Waals surface area contributed by atoms with Crippen molar-refractivity contribution in [3.05, 3.63) is 71.3 Å². The highest BCUT2D eigenvalue weighted by atomic mass is 35.5. The molecule has 1 aromatic carbocycles. The van der Waals surface area contributed by atoms with Crippen LogP contribution in [0, 0.1) is 0 Å². The molecule has 2 heterocycles. The van der Waals surface area contributed by atoms with Gasteiger partial charge < -0.3 is 5.32 Å². The standard InChI is InChI=1S/C17H15ClN4O/c1-22-11-15(10-21-22)14-6-12(7-19-9-14)8-20-17(23)13-2-4-16(18)5-3-13/h2-7,9-11H,8H2,1H3,(H,20,23). The molecule has 0 saturated carbocycles. The minimum atomic E-state index is -0.145. The Kier molecular flexibility index (Phi) is 4.39. The van der Waals surface area contributed by atoms with E-state index in [2.05, 4.69) is 15.4 Å². The average molecular weight is 327 g/mol. The van der Waals surface area contributed by atoms with Gasteiger partial charge in [0.05, 0.1) is 6.20 Å². The number of hydrogen-bond acceptors (Lipinski definition) is 3. The predicted molar refractivity (Wildman–Crippen MR) is 89.1 cm³/mol. The second-order valence-corrected chi connectivity index (χ2v) is 5.61. The fraction of sp³-hybridized carbons (Fsp3) is 0.118. The van der Waals surface area contributed by atoms with Crippen LogP contribution < -0.4 is 5.32 Å². The average Bonchev–Trinajstić information content (AvgIpc) is 3.00. The lowest BCUT2D eigenvalue weighted by Crippen LogP contribution is -2.22. The van der Waals surface area contributed by atoms with Gasteiger partial charge in [0.2, 0.25) is 0 Å². The number of halogens is 1. The van der Waals surface area contributed by atoms with E-state index < -0.39 is 0 Å². The Labute approximate surface area is 138 Å². The van der Waals surface area contributed by atoms with Crippen molar-refractivity contribution >= 4 is 17.5 Å². The van der Waals surface area contributed by atoms with Crippen molar-refractivity contribution in [2.75, 3.05) is 0 Å². The second kappa shape index (κ2) is 6.62. The lowest BCUT2D eigenvalue weighted by Gasteiger charge is -2.06. The molecule has 3 aromatic rings. The monoisotopic (exact) mass is 326 g/mol. The highest BCUT2D eigenvalue weighted by molar-refractivity contribution is 6.30. The molecule has 0 radical (unpaired) electrons. The first-order chi connectivity index (χ1) is 11.1. The van der Waals surface area contributed by atoms with Gasteiger partial charge in [0.25, 0.3) is 5.91 Å². The number of carbonyl (C=O) groups excluding carboxylic acids is 1. The molecule has 23 heavy (non-hydrogen) atoms. The van der Waals surface area contributed by atoms with Gasteiger partial charge in [-0.05, 0) is 35.9 Å². The summed E-state index contributed by atoms with van der Waals surface area (Å²) in [6.45, 7) is 0.405. The first-order valence-electron chi connectivity index (χ1n) is 7.08. The minimum absolute atomic E-state index is 0.145. The Morgan fingerprint density at radius 1 is 1.17 bits per heavy atom. The molecule has 116 valence electrons. The molecule has 0 atom stereocenters. The minimum Gasteiger partial charge on any atom is -0.348 e. The van der Waals surface area contributed by atoms with Crippen LogP contribution in [0.3, 0.4) is 0 Å². The van der Waals surface area contributed by atoms with E-state index in [-0.39, 0.29) is 5.91 Å². The summed E-state index contributed by atoms with van der Waals surface area (Å²) in [6, 6.07) is 8.78. The molecular weight excluding hydrogens is 312 g/mol. The smallest absolute Gasteiger partial charge is 0.251 e. The molecule has 2 aromatic heterocycles. The molecule has 0 fully saturated rings. The maximum atomic E-state index is 12.1. The van der Waals surface area contributed by atoms with Gasteiger partial charge >= 0.3 is 0 Å². The summed E-state index contributed by atoms with van der Waals surface area (Å²) in [7, 11) is 1.87. The van der Waals surface area contributed by atoms with E-state index in [1.54, 1.807) is 47.5 Å². The third-order valence-corrected chi connectivity index (χ3v) is 3.64. The molecule has 5 nitrogen and oxygen atoms in total. The second-order valence-electron chi connectivity index (χ2n) is 5.17. The predicted octanol–water partition coefficient (Wildman–Crippen LogP) is 3.07. The number of benzene rings is 1. The van der Waals surface area contributed by atoms with E-state index in [1.807, 2.05) is 19.3 Å². The van der Waals surface area contributed by atoms with Crippen LogP contribution >= 0.6 is 11.6 Å². The van der Waals surface area contributed by atoms with Crippen molar-refractivity contribution < 1.29 is 4.79 Å². The van der Waals surface area contributed by atoms with E-state index in [4.69, 9.17) is 11.6 Å². The van der Waals surface area contributed by atoms with Gasteiger partial charge in [-0.15, -0.1) is 0 Å². The Bertz CT molecular complexity index is 827. The first-order valence-corrected chi connectivity index (χ1v) is 7.46. The molecule has 0 spiro atoms. The Morgan fingerprint density at radius 2 is 1.96 bits per heavy atom. The highest BCUT2D eigenvalue weighted by Crippen LogP contribution is 2.18. The number of carbonyl (C=O) groups is 1. The number of aromatic nitrogens is 3. The van der Waals surface area contributed by atoms with Gasteiger partial charge in [-0.25, -0.2) is 0 Å². The van der Waals surface area contributed by atoms with Crippen LogP contribution in [0.4, 0.5) is 0 Å². The number of rotatable bonds is 4. The van der Waals surface area contributed by atoms with Crippen LogP contribution in [-0.4, -0.2) is 20.7 Å². The zero-order valence-corrected chi connectivity index (χ0v) is 13.3. The van der Waals surface area contributed by atoms with Gasteiger partial charge in [0.1, 0.15) is 0 Å². The Balaban J connectivity index is 1.68. The molecule has 0 unspecified atom stereocenters. The van der Waals surface area contributed by atoms with E-state index in [9.17, 15) is 4.79 Å².